The molecule has 1 atom stereocenters. The molecule has 1 unspecified atom stereocenters. The molecule has 3 nitrogen and oxygen atoms in total. The van der Waals surface area contributed by atoms with Crippen molar-refractivity contribution >= 4 is 11.6 Å². The fourth-order valence-electron chi connectivity index (χ4n) is 2.34. The van der Waals surface area contributed by atoms with Crippen LogP contribution >= 0.6 is 11.6 Å². The molecule has 0 fully saturated rings. The summed E-state index contributed by atoms with van der Waals surface area (Å²) < 4.78 is 2.06. The van der Waals surface area contributed by atoms with Crippen LogP contribution in [-0.4, -0.2) is 16.3 Å². The molecule has 0 spiro atoms. The largest absolute Gasteiger partial charge is 0.309 e. The maximum Gasteiger partial charge on any atom is 0.0834 e. The Morgan fingerprint density at radius 1 is 1.26 bits per heavy atom. The van der Waals surface area contributed by atoms with Crippen molar-refractivity contribution in [2.24, 2.45) is 0 Å². The standard InChI is InChI=1S/C15H28ClN3/c1-5-7-8-9-14(17-10-6-2)15-13(16)11-18-19(15)12(3)4/h11-12,14,17H,5-10H2,1-4H3. The summed E-state index contributed by atoms with van der Waals surface area (Å²) >= 11 is 6.35. The lowest BCUT2D eigenvalue weighted by Crippen LogP contribution is -2.25. The van der Waals surface area contributed by atoms with E-state index in [1.165, 1.54) is 19.3 Å². The molecule has 1 aromatic rings. The number of nitrogens with zero attached hydrogens (tertiary/aromatic N) is 2. The molecule has 0 aliphatic heterocycles. The van der Waals surface area contributed by atoms with Crippen LogP contribution in [0.5, 0.6) is 0 Å². The molecule has 0 aliphatic rings. The van der Waals surface area contributed by atoms with Crippen molar-refractivity contribution in [1.29, 1.82) is 0 Å². The maximum absolute atomic E-state index is 6.35. The number of halogens is 1. The van der Waals surface area contributed by atoms with Gasteiger partial charge < -0.3 is 5.32 Å². The summed E-state index contributed by atoms with van der Waals surface area (Å²) in [5, 5.41) is 8.83. The summed E-state index contributed by atoms with van der Waals surface area (Å²) in [4.78, 5) is 0. The van der Waals surface area contributed by atoms with E-state index in [0.29, 0.717) is 12.1 Å². The highest BCUT2D eigenvalue weighted by molar-refractivity contribution is 6.31. The topological polar surface area (TPSA) is 29.9 Å². The minimum atomic E-state index is 0.323. The molecular formula is C15H28ClN3. The number of nitrogens with one attached hydrogen (secondary N) is 1. The molecule has 0 radical (unpaired) electrons. The molecular weight excluding hydrogens is 258 g/mol. The van der Waals surface area contributed by atoms with Crippen molar-refractivity contribution in [2.75, 3.05) is 6.54 Å². The van der Waals surface area contributed by atoms with Gasteiger partial charge >= 0.3 is 0 Å². The molecule has 110 valence electrons. The van der Waals surface area contributed by atoms with E-state index in [2.05, 4.69) is 42.8 Å². The Labute approximate surface area is 122 Å². The molecule has 1 heterocycles. The highest BCUT2D eigenvalue weighted by Crippen LogP contribution is 2.29. The van der Waals surface area contributed by atoms with Crippen LogP contribution in [0.15, 0.2) is 6.20 Å². The SMILES string of the molecule is CCCCCC(NCCC)c1c(Cl)cnn1C(C)C. The Morgan fingerprint density at radius 2 is 2.00 bits per heavy atom. The fraction of sp³-hybridized carbons (Fsp3) is 0.800. The van der Waals surface area contributed by atoms with Crippen molar-refractivity contribution < 1.29 is 0 Å². The van der Waals surface area contributed by atoms with Crippen molar-refractivity contribution in [3.05, 3.63) is 16.9 Å². The molecule has 1 N–H and O–H groups in total. The zero-order chi connectivity index (χ0) is 14.3. The average Bonchev–Trinajstić information content (AvgIpc) is 2.76. The first kappa shape index (κ1) is 16.5. The van der Waals surface area contributed by atoms with Crippen LogP contribution in [0.25, 0.3) is 0 Å². The van der Waals surface area contributed by atoms with E-state index in [1.807, 2.05) is 0 Å². The van der Waals surface area contributed by atoms with Crippen LogP contribution < -0.4 is 5.32 Å². The Balaban J connectivity index is 2.85. The second-order valence-electron chi connectivity index (χ2n) is 5.42. The smallest absolute Gasteiger partial charge is 0.0834 e. The second-order valence-corrected chi connectivity index (χ2v) is 5.83. The summed E-state index contributed by atoms with van der Waals surface area (Å²) in [6.45, 7) is 9.75. The van der Waals surface area contributed by atoms with Crippen LogP contribution in [0.4, 0.5) is 0 Å². The van der Waals surface area contributed by atoms with Gasteiger partial charge in [0, 0.05) is 6.04 Å². The highest BCUT2D eigenvalue weighted by atomic mass is 35.5. The van der Waals surface area contributed by atoms with Gasteiger partial charge in [-0.15, -0.1) is 0 Å². The van der Waals surface area contributed by atoms with Crippen LogP contribution in [0, 0.1) is 0 Å². The number of rotatable bonds is 9. The summed E-state index contributed by atoms with van der Waals surface area (Å²) in [7, 11) is 0. The molecule has 0 amide bonds. The number of hydrogen-bond donors (Lipinski definition) is 1. The molecule has 0 aliphatic carbocycles. The number of unbranched alkanes of at least 4 members (excludes halogenated alkanes) is 2. The molecule has 0 bridgehead atoms. The second kappa shape index (κ2) is 8.60. The lowest BCUT2D eigenvalue weighted by Gasteiger charge is -2.22. The van der Waals surface area contributed by atoms with Crippen LogP contribution in [0.1, 0.15) is 77.6 Å². The quantitative estimate of drug-likeness (QED) is 0.664. The normalized spacial score (nSPS) is 13.2. The van der Waals surface area contributed by atoms with E-state index in [-0.39, 0.29) is 0 Å². The summed E-state index contributed by atoms with van der Waals surface area (Å²) in [5.74, 6) is 0. The van der Waals surface area contributed by atoms with Crippen molar-refractivity contribution in [3.8, 4) is 0 Å². The molecule has 0 aromatic carbocycles. The predicted octanol–water partition coefficient (Wildman–Crippen LogP) is 4.74. The van der Waals surface area contributed by atoms with Crippen molar-refractivity contribution in [1.82, 2.24) is 15.1 Å². The first-order valence-corrected chi connectivity index (χ1v) is 7.95. The van der Waals surface area contributed by atoms with Crippen molar-refractivity contribution in [2.45, 2.75) is 71.9 Å². The van der Waals surface area contributed by atoms with Gasteiger partial charge in [0.25, 0.3) is 0 Å². The monoisotopic (exact) mass is 285 g/mol. The van der Waals surface area contributed by atoms with E-state index < -0.39 is 0 Å². The Morgan fingerprint density at radius 3 is 2.58 bits per heavy atom. The first-order chi connectivity index (χ1) is 9.11. The minimum absolute atomic E-state index is 0.323. The third kappa shape index (κ3) is 4.81. The molecule has 0 saturated carbocycles. The van der Waals surface area contributed by atoms with Crippen LogP contribution in [0.2, 0.25) is 5.02 Å². The molecule has 4 heteroatoms. The Hall–Kier alpha value is -0.540. The van der Waals surface area contributed by atoms with Gasteiger partial charge in [-0.25, -0.2) is 0 Å². The molecule has 1 rings (SSSR count). The molecule has 0 saturated heterocycles. The van der Waals surface area contributed by atoms with Gasteiger partial charge in [-0.05, 0) is 33.2 Å². The highest BCUT2D eigenvalue weighted by Gasteiger charge is 2.20. The minimum Gasteiger partial charge on any atom is -0.309 e. The van der Waals surface area contributed by atoms with E-state index in [0.717, 1.165) is 30.1 Å². The predicted molar refractivity (Wildman–Crippen MR) is 82.8 cm³/mol. The first-order valence-electron chi connectivity index (χ1n) is 7.58. The lowest BCUT2D eigenvalue weighted by atomic mass is 10.0. The van der Waals surface area contributed by atoms with Crippen molar-refractivity contribution in [3.63, 3.8) is 0 Å². The van der Waals surface area contributed by atoms with Gasteiger partial charge in [-0.2, -0.15) is 5.10 Å². The number of aromatic nitrogens is 2. The zero-order valence-corrected chi connectivity index (χ0v) is 13.5. The van der Waals surface area contributed by atoms with Crippen LogP contribution in [0.3, 0.4) is 0 Å². The molecule has 19 heavy (non-hydrogen) atoms. The average molecular weight is 286 g/mol. The summed E-state index contributed by atoms with van der Waals surface area (Å²) in [6.07, 6.45) is 7.80. The molecule has 1 aromatic heterocycles. The van der Waals surface area contributed by atoms with Crippen LogP contribution in [-0.2, 0) is 0 Å². The van der Waals surface area contributed by atoms with E-state index in [9.17, 15) is 0 Å². The Kier molecular flexibility index (Phi) is 7.47. The van der Waals surface area contributed by atoms with E-state index in [1.54, 1.807) is 6.20 Å². The van der Waals surface area contributed by atoms with Gasteiger partial charge in [0.1, 0.15) is 0 Å². The van der Waals surface area contributed by atoms with Gasteiger partial charge in [0.15, 0.2) is 0 Å². The third-order valence-corrected chi connectivity index (χ3v) is 3.63. The van der Waals surface area contributed by atoms with Gasteiger partial charge in [0.2, 0.25) is 0 Å². The fourth-order valence-corrected chi connectivity index (χ4v) is 2.60. The summed E-state index contributed by atoms with van der Waals surface area (Å²) in [6, 6.07) is 0.670. The zero-order valence-electron chi connectivity index (χ0n) is 12.7. The van der Waals surface area contributed by atoms with Gasteiger partial charge in [-0.1, -0.05) is 44.7 Å². The van der Waals surface area contributed by atoms with Gasteiger partial charge in [0.05, 0.1) is 23.0 Å². The van der Waals surface area contributed by atoms with Gasteiger partial charge in [-0.3, -0.25) is 4.68 Å². The third-order valence-electron chi connectivity index (χ3n) is 3.34. The lowest BCUT2D eigenvalue weighted by molar-refractivity contribution is 0.416. The Bertz CT molecular complexity index is 360. The number of hydrogen-bond acceptors (Lipinski definition) is 2. The summed E-state index contributed by atoms with van der Waals surface area (Å²) in [5.41, 5.74) is 1.15. The van der Waals surface area contributed by atoms with E-state index >= 15 is 0 Å². The van der Waals surface area contributed by atoms with E-state index in [4.69, 9.17) is 11.6 Å². The maximum atomic E-state index is 6.35.